The molecule has 0 unspecified atom stereocenters. The van der Waals surface area contributed by atoms with Crippen molar-refractivity contribution in [1.82, 2.24) is 5.32 Å². The Hall–Kier alpha value is -2.84. The first-order valence-corrected chi connectivity index (χ1v) is 13.9. The zero-order valence-electron chi connectivity index (χ0n) is 20.3. The van der Waals surface area contributed by atoms with E-state index in [2.05, 4.69) is 39.2 Å². The zero-order valence-corrected chi connectivity index (χ0v) is 21.3. The van der Waals surface area contributed by atoms with Crippen LogP contribution < -0.4 is 14.5 Å². The molecule has 0 aromatic heterocycles. The van der Waals surface area contributed by atoms with Gasteiger partial charge in [-0.05, 0) is 60.1 Å². The van der Waals surface area contributed by atoms with Crippen molar-refractivity contribution >= 4 is 20.2 Å². The van der Waals surface area contributed by atoms with Gasteiger partial charge in [0.05, 0.1) is 12.6 Å². The van der Waals surface area contributed by atoms with Gasteiger partial charge in [0.1, 0.15) is 18.1 Å². The number of carbonyl (C=O) groups is 2. The summed E-state index contributed by atoms with van der Waals surface area (Å²) in [5.74, 6) is 1.10. The van der Waals surface area contributed by atoms with Gasteiger partial charge in [-0.15, -0.1) is 0 Å². The second-order valence-corrected chi connectivity index (χ2v) is 14.2. The minimum atomic E-state index is -1.99. The van der Waals surface area contributed by atoms with E-state index in [0.717, 1.165) is 5.56 Å². The molecule has 2 N–H and O–H groups in total. The second kappa shape index (κ2) is 11.3. The van der Waals surface area contributed by atoms with E-state index in [1.54, 1.807) is 43.5 Å². The number of ketones is 1. The maximum Gasteiger partial charge on any atom is 0.405 e. The summed E-state index contributed by atoms with van der Waals surface area (Å²) < 4.78 is 16.8. The molecule has 0 aliphatic carbocycles. The number of carbonyl (C=O) groups excluding carboxylic acids is 1. The van der Waals surface area contributed by atoms with Crippen LogP contribution in [0.25, 0.3) is 0 Å². The average molecular weight is 474 g/mol. The molecule has 0 aliphatic heterocycles. The van der Waals surface area contributed by atoms with E-state index >= 15 is 0 Å². The Morgan fingerprint density at radius 3 is 2.06 bits per heavy atom. The van der Waals surface area contributed by atoms with Crippen LogP contribution >= 0.6 is 0 Å². The number of methoxy groups -OCH3 is 1. The SMILES string of the molecule is COCCOc1ccc(C[C@H](NC(=O)O)C(=O)c2ccc(O[Si](C)(C)C(C)(C)C)cc2)cc1. The van der Waals surface area contributed by atoms with Crippen molar-refractivity contribution in [2.24, 2.45) is 0 Å². The summed E-state index contributed by atoms with van der Waals surface area (Å²) in [6.07, 6.45) is -1.02. The molecule has 2 aromatic carbocycles. The molecule has 0 aliphatic rings. The van der Waals surface area contributed by atoms with Crippen molar-refractivity contribution in [2.75, 3.05) is 20.3 Å². The Kier molecular flexibility index (Phi) is 9.07. The fraction of sp³-hybridized carbons (Fsp3) is 0.440. The molecule has 180 valence electrons. The van der Waals surface area contributed by atoms with Crippen LogP contribution in [-0.4, -0.2) is 51.7 Å². The van der Waals surface area contributed by atoms with E-state index in [4.69, 9.17) is 13.9 Å². The molecule has 2 aromatic rings. The number of carboxylic acid groups (broad SMARTS) is 1. The first-order chi connectivity index (χ1) is 15.4. The molecule has 33 heavy (non-hydrogen) atoms. The maximum atomic E-state index is 13.1. The molecule has 1 amide bonds. The third-order valence-electron chi connectivity index (χ3n) is 5.85. The lowest BCUT2D eigenvalue weighted by Gasteiger charge is -2.36. The Labute approximate surface area is 197 Å². The number of ether oxygens (including phenoxy) is 2. The van der Waals surface area contributed by atoms with E-state index in [1.165, 1.54) is 0 Å². The van der Waals surface area contributed by atoms with Crippen LogP contribution in [-0.2, 0) is 11.2 Å². The standard InChI is InChI=1S/C25H35NO6Si/c1-25(2,3)33(5,6)32-21-13-9-19(10-14-21)23(27)22(26-24(28)29)17-18-7-11-20(12-8-18)31-16-15-30-4/h7-14,22,26H,15-17H2,1-6H3,(H,28,29)/t22-/m0/s1. The highest BCUT2D eigenvalue weighted by molar-refractivity contribution is 6.74. The monoisotopic (exact) mass is 473 g/mol. The fourth-order valence-electron chi connectivity index (χ4n) is 2.89. The Morgan fingerprint density at radius 1 is 0.970 bits per heavy atom. The van der Waals surface area contributed by atoms with Crippen LogP contribution in [0.1, 0.15) is 36.7 Å². The molecule has 7 nitrogen and oxygen atoms in total. The van der Waals surface area contributed by atoms with Gasteiger partial charge in [0.2, 0.25) is 8.32 Å². The van der Waals surface area contributed by atoms with E-state index in [-0.39, 0.29) is 17.2 Å². The van der Waals surface area contributed by atoms with Gasteiger partial charge in [0.15, 0.2) is 5.78 Å². The van der Waals surface area contributed by atoms with Gasteiger partial charge in [-0.2, -0.15) is 0 Å². The van der Waals surface area contributed by atoms with Crippen LogP contribution in [0.5, 0.6) is 11.5 Å². The smallest absolute Gasteiger partial charge is 0.405 e. The molecule has 0 bridgehead atoms. The van der Waals surface area contributed by atoms with Crippen LogP contribution in [0.4, 0.5) is 4.79 Å². The highest BCUT2D eigenvalue weighted by atomic mass is 28.4. The topological polar surface area (TPSA) is 94.1 Å². The molecule has 1 atom stereocenters. The molecule has 0 fully saturated rings. The Balaban J connectivity index is 2.11. The summed E-state index contributed by atoms with van der Waals surface area (Å²) >= 11 is 0. The summed E-state index contributed by atoms with van der Waals surface area (Å²) in [4.78, 5) is 24.4. The number of amides is 1. The van der Waals surface area contributed by atoms with Crippen LogP contribution in [0.2, 0.25) is 18.1 Å². The largest absolute Gasteiger partial charge is 0.544 e. The number of hydrogen-bond acceptors (Lipinski definition) is 5. The molecule has 0 heterocycles. The van der Waals surface area contributed by atoms with E-state index in [0.29, 0.717) is 30.3 Å². The first-order valence-electron chi connectivity index (χ1n) is 11.0. The summed E-state index contributed by atoms with van der Waals surface area (Å²) in [7, 11) is -0.388. The second-order valence-electron chi connectivity index (χ2n) is 9.44. The van der Waals surface area contributed by atoms with Gasteiger partial charge >= 0.3 is 6.09 Å². The minimum Gasteiger partial charge on any atom is -0.544 e. The molecule has 0 radical (unpaired) electrons. The van der Waals surface area contributed by atoms with Gasteiger partial charge in [0.25, 0.3) is 0 Å². The van der Waals surface area contributed by atoms with E-state index < -0.39 is 20.5 Å². The van der Waals surface area contributed by atoms with Crippen LogP contribution in [0.15, 0.2) is 48.5 Å². The molecule has 2 rings (SSSR count). The quantitative estimate of drug-likeness (QED) is 0.266. The molecule has 0 saturated carbocycles. The summed E-state index contributed by atoms with van der Waals surface area (Å²) in [6, 6.07) is 13.2. The zero-order chi connectivity index (χ0) is 24.6. The van der Waals surface area contributed by atoms with Gasteiger partial charge < -0.3 is 24.3 Å². The van der Waals surface area contributed by atoms with Gasteiger partial charge in [0, 0.05) is 19.1 Å². The fourth-order valence-corrected chi connectivity index (χ4v) is 3.93. The lowest BCUT2D eigenvalue weighted by Crippen LogP contribution is -2.43. The van der Waals surface area contributed by atoms with Crippen molar-refractivity contribution in [2.45, 2.75) is 51.4 Å². The van der Waals surface area contributed by atoms with Crippen LogP contribution in [0.3, 0.4) is 0 Å². The maximum absolute atomic E-state index is 13.1. The average Bonchev–Trinajstić information content (AvgIpc) is 2.73. The molecular formula is C25H35NO6Si. The molecular weight excluding hydrogens is 438 g/mol. The number of hydrogen-bond donors (Lipinski definition) is 2. The third kappa shape index (κ3) is 7.90. The molecule has 0 saturated heterocycles. The lowest BCUT2D eigenvalue weighted by molar-refractivity contribution is 0.0936. The number of benzene rings is 2. The number of Topliss-reactive ketones (excluding diaryl/α,β-unsaturated/α-hetero) is 1. The molecule has 8 heteroatoms. The van der Waals surface area contributed by atoms with E-state index in [9.17, 15) is 14.7 Å². The lowest BCUT2D eigenvalue weighted by atomic mass is 9.97. The van der Waals surface area contributed by atoms with Gasteiger partial charge in [-0.25, -0.2) is 4.79 Å². The van der Waals surface area contributed by atoms with Crippen molar-refractivity contribution < 1.29 is 28.6 Å². The number of nitrogens with one attached hydrogen (secondary N) is 1. The molecule has 0 spiro atoms. The van der Waals surface area contributed by atoms with E-state index in [1.807, 2.05) is 12.1 Å². The predicted molar refractivity (Wildman–Crippen MR) is 131 cm³/mol. The van der Waals surface area contributed by atoms with Crippen LogP contribution in [0, 0.1) is 0 Å². The Bertz CT molecular complexity index is 919. The summed E-state index contributed by atoms with van der Waals surface area (Å²) in [5.41, 5.74) is 1.25. The predicted octanol–water partition coefficient (Wildman–Crippen LogP) is 5.16. The van der Waals surface area contributed by atoms with Crippen molar-refractivity contribution in [1.29, 1.82) is 0 Å². The van der Waals surface area contributed by atoms with Crippen molar-refractivity contribution in [3.63, 3.8) is 0 Å². The summed E-state index contributed by atoms with van der Waals surface area (Å²) in [5, 5.41) is 11.7. The Morgan fingerprint density at radius 2 is 1.55 bits per heavy atom. The van der Waals surface area contributed by atoms with Gasteiger partial charge in [-0.3, -0.25) is 4.79 Å². The van der Waals surface area contributed by atoms with Gasteiger partial charge in [-0.1, -0.05) is 32.9 Å². The number of rotatable bonds is 11. The third-order valence-corrected chi connectivity index (χ3v) is 10.2. The first kappa shape index (κ1) is 26.4. The summed E-state index contributed by atoms with van der Waals surface area (Å²) in [6.45, 7) is 11.7. The van der Waals surface area contributed by atoms with Crippen molar-refractivity contribution in [3.8, 4) is 11.5 Å². The minimum absolute atomic E-state index is 0.0579. The highest BCUT2D eigenvalue weighted by Gasteiger charge is 2.39. The normalized spacial score (nSPS) is 12.7. The highest BCUT2D eigenvalue weighted by Crippen LogP contribution is 2.37. The van der Waals surface area contributed by atoms with Crippen molar-refractivity contribution in [3.05, 3.63) is 59.7 Å².